The van der Waals surface area contributed by atoms with E-state index in [1.165, 1.54) is 0 Å². The Labute approximate surface area is 144 Å². The second kappa shape index (κ2) is 5.97. The van der Waals surface area contributed by atoms with Gasteiger partial charge in [0.15, 0.2) is 0 Å². The molecule has 0 N–H and O–H groups in total. The predicted molar refractivity (Wildman–Crippen MR) is 94.3 cm³/mol. The van der Waals surface area contributed by atoms with Crippen molar-refractivity contribution in [1.82, 2.24) is 19.4 Å². The first kappa shape index (κ1) is 15.8. The number of nitrogens with zero attached hydrogens (tertiary/aromatic N) is 4. The van der Waals surface area contributed by atoms with Gasteiger partial charge < -0.3 is 9.80 Å². The Morgan fingerprint density at radius 3 is 2.92 bits per heavy atom. The summed E-state index contributed by atoms with van der Waals surface area (Å²) >= 11 is 1.57. The number of hydrogen-bond donors (Lipinski definition) is 0. The number of aromatic nitrogens is 2. The van der Waals surface area contributed by atoms with E-state index in [2.05, 4.69) is 9.88 Å². The molecule has 24 heavy (non-hydrogen) atoms. The van der Waals surface area contributed by atoms with Crippen molar-refractivity contribution in [2.75, 3.05) is 27.2 Å². The molecule has 0 bridgehead atoms. The lowest BCUT2D eigenvalue weighted by Gasteiger charge is -2.27. The first-order chi connectivity index (χ1) is 11.5. The highest BCUT2D eigenvalue weighted by Gasteiger charge is 2.35. The van der Waals surface area contributed by atoms with Crippen molar-refractivity contribution in [3.05, 3.63) is 27.1 Å². The molecule has 0 unspecified atom stereocenters. The summed E-state index contributed by atoms with van der Waals surface area (Å²) < 4.78 is 1.71. The molecule has 2 aromatic heterocycles. The van der Waals surface area contributed by atoms with Crippen molar-refractivity contribution in [3.8, 4) is 0 Å². The summed E-state index contributed by atoms with van der Waals surface area (Å²) in [7, 11) is 3.99. The first-order valence-electron chi connectivity index (χ1n) is 8.48. The number of likely N-dealkylation sites (N-methyl/N-ethyl adjacent to an activating group) is 1. The van der Waals surface area contributed by atoms with Gasteiger partial charge in [0.05, 0.1) is 18.3 Å². The van der Waals surface area contributed by atoms with Crippen molar-refractivity contribution in [3.63, 3.8) is 0 Å². The third kappa shape index (κ3) is 2.75. The number of hydrogen-bond acceptors (Lipinski definition) is 5. The van der Waals surface area contributed by atoms with E-state index in [4.69, 9.17) is 0 Å². The fraction of sp³-hybridized carbons (Fsp3) is 0.588. The van der Waals surface area contributed by atoms with Crippen LogP contribution in [-0.2, 0) is 24.3 Å². The highest BCUT2D eigenvalue weighted by atomic mass is 32.1. The summed E-state index contributed by atoms with van der Waals surface area (Å²) in [5, 5.41) is 0.773. The molecule has 0 atom stereocenters. The number of rotatable bonds is 4. The molecule has 0 saturated heterocycles. The first-order valence-corrected chi connectivity index (χ1v) is 9.29. The van der Waals surface area contributed by atoms with E-state index in [1.807, 2.05) is 19.0 Å². The zero-order valence-corrected chi connectivity index (χ0v) is 14.9. The van der Waals surface area contributed by atoms with Crippen LogP contribution < -0.4 is 5.56 Å². The van der Waals surface area contributed by atoms with Gasteiger partial charge in [-0.05, 0) is 38.9 Å². The Bertz CT molecular complexity index is 850. The van der Waals surface area contributed by atoms with E-state index in [9.17, 15) is 9.59 Å². The quantitative estimate of drug-likeness (QED) is 0.838. The van der Waals surface area contributed by atoms with Gasteiger partial charge in [-0.2, -0.15) is 0 Å². The molecule has 2 aliphatic rings. The fourth-order valence-corrected chi connectivity index (χ4v) is 4.46. The maximum Gasteiger partial charge on any atom is 0.262 e. The molecule has 128 valence electrons. The summed E-state index contributed by atoms with van der Waals surface area (Å²) in [6.45, 7) is 2.82. The smallest absolute Gasteiger partial charge is 0.262 e. The van der Waals surface area contributed by atoms with Gasteiger partial charge in [0.25, 0.3) is 5.56 Å². The van der Waals surface area contributed by atoms with Crippen LogP contribution in [-0.4, -0.2) is 52.4 Å². The molecule has 6 nitrogen and oxygen atoms in total. The second-order valence-corrected chi connectivity index (χ2v) is 8.10. The Morgan fingerprint density at radius 1 is 1.42 bits per heavy atom. The third-order valence-corrected chi connectivity index (χ3v) is 5.98. The minimum atomic E-state index is 0.0568. The van der Waals surface area contributed by atoms with E-state index in [0.717, 1.165) is 53.0 Å². The Kier molecular flexibility index (Phi) is 3.92. The molecule has 1 aliphatic heterocycles. The van der Waals surface area contributed by atoms with E-state index in [-0.39, 0.29) is 17.4 Å². The molecule has 4 rings (SSSR count). The zero-order valence-electron chi connectivity index (χ0n) is 14.1. The summed E-state index contributed by atoms with van der Waals surface area (Å²) in [6, 6.07) is 0. The van der Waals surface area contributed by atoms with Crippen LogP contribution in [0.4, 0.5) is 0 Å². The Hall–Kier alpha value is -1.73. The molecular weight excluding hydrogens is 324 g/mol. The Balaban J connectivity index is 1.66. The van der Waals surface area contributed by atoms with E-state index in [1.54, 1.807) is 22.2 Å². The van der Waals surface area contributed by atoms with Gasteiger partial charge >= 0.3 is 0 Å². The number of carbonyl (C=O) groups excluding carboxylic acids is 1. The number of fused-ring (bicyclic) bond motifs is 3. The summed E-state index contributed by atoms with van der Waals surface area (Å²) in [6.07, 6.45) is 4.49. The molecule has 7 heteroatoms. The van der Waals surface area contributed by atoms with E-state index < -0.39 is 0 Å². The molecule has 0 spiro atoms. The van der Waals surface area contributed by atoms with Crippen LogP contribution in [0.2, 0.25) is 0 Å². The number of thiophene rings is 1. The third-order valence-electron chi connectivity index (χ3n) is 4.85. The zero-order chi connectivity index (χ0) is 16.8. The highest BCUT2D eigenvalue weighted by Crippen LogP contribution is 2.36. The lowest BCUT2D eigenvalue weighted by atomic mass is 10.0. The molecule has 0 radical (unpaired) electrons. The number of carbonyl (C=O) groups is 1. The Morgan fingerprint density at radius 2 is 2.21 bits per heavy atom. The molecule has 1 amide bonds. The van der Waals surface area contributed by atoms with Crippen LogP contribution in [0.3, 0.4) is 0 Å². The average molecular weight is 346 g/mol. The van der Waals surface area contributed by atoms with Gasteiger partial charge in [-0.15, -0.1) is 11.3 Å². The lowest BCUT2D eigenvalue weighted by Crippen LogP contribution is -2.36. The van der Waals surface area contributed by atoms with Crippen molar-refractivity contribution in [2.24, 2.45) is 5.92 Å². The summed E-state index contributed by atoms with van der Waals surface area (Å²) in [4.78, 5) is 35.6. The topological polar surface area (TPSA) is 58.4 Å². The predicted octanol–water partition coefficient (Wildman–Crippen LogP) is 1.31. The molecule has 0 aromatic carbocycles. The van der Waals surface area contributed by atoms with Gasteiger partial charge in [-0.25, -0.2) is 4.98 Å². The van der Waals surface area contributed by atoms with Crippen molar-refractivity contribution < 1.29 is 4.79 Å². The SMILES string of the molecule is CN(C)CCn1cnc2sc3c(c2c1=O)CCN(C(=O)C1CC1)C3. The minimum absolute atomic E-state index is 0.0568. The van der Waals surface area contributed by atoms with Gasteiger partial charge in [0, 0.05) is 30.4 Å². The second-order valence-electron chi connectivity index (χ2n) is 7.01. The molecule has 3 heterocycles. The van der Waals surface area contributed by atoms with Crippen LogP contribution in [0.15, 0.2) is 11.1 Å². The van der Waals surface area contributed by atoms with E-state index >= 15 is 0 Å². The monoisotopic (exact) mass is 346 g/mol. The van der Waals surface area contributed by atoms with Gasteiger partial charge in [-0.3, -0.25) is 14.2 Å². The normalized spacial score (nSPS) is 17.5. The lowest BCUT2D eigenvalue weighted by molar-refractivity contribution is -0.133. The standard InChI is InChI=1S/C17H22N4O2S/c1-19(2)7-8-21-10-18-15-14(17(21)23)12-5-6-20(9-13(12)24-15)16(22)11-3-4-11/h10-11H,3-9H2,1-2H3. The highest BCUT2D eigenvalue weighted by molar-refractivity contribution is 7.18. The van der Waals surface area contributed by atoms with Crippen LogP contribution >= 0.6 is 11.3 Å². The van der Waals surface area contributed by atoms with Gasteiger partial charge in [0.2, 0.25) is 5.91 Å². The van der Waals surface area contributed by atoms with Gasteiger partial charge in [0.1, 0.15) is 4.83 Å². The molecule has 1 aliphatic carbocycles. The molecular formula is C17H22N4O2S. The van der Waals surface area contributed by atoms with Crippen LogP contribution in [0, 0.1) is 5.92 Å². The van der Waals surface area contributed by atoms with Crippen molar-refractivity contribution in [1.29, 1.82) is 0 Å². The number of amides is 1. The summed E-state index contributed by atoms with van der Waals surface area (Å²) in [5.41, 5.74) is 1.17. The average Bonchev–Trinajstić information content (AvgIpc) is 3.33. The van der Waals surface area contributed by atoms with Crippen LogP contribution in [0.5, 0.6) is 0 Å². The van der Waals surface area contributed by atoms with Gasteiger partial charge in [-0.1, -0.05) is 0 Å². The van der Waals surface area contributed by atoms with E-state index in [0.29, 0.717) is 13.1 Å². The minimum Gasteiger partial charge on any atom is -0.337 e. The summed E-state index contributed by atoms with van der Waals surface area (Å²) in [5.74, 6) is 0.539. The van der Waals surface area contributed by atoms with Crippen LogP contribution in [0.25, 0.3) is 10.2 Å². The molecule has 2 aromatic rings. The maximum absolute atomic E-state index is 12.8. The molecule has 1 fully saturated rings. The largest absolute Gasteiger partial charge is 0.337 e. The molecule has 1 saturated carbocycles. The van der Waals surface area contributed by atoms with Crippen LogP contribution in [0.1, 0.15) is 23.3 Å². The van der Waals surface area contributed by atoms with Crippen molar-refractivity contribution in [2.45, 2.75) is 32.4 Å². The maximum atomic E-state index is 12.8. The fourth-order valence-electron chi connectivity index (χ4n) is 3.26. The van der Waals surface area contributed by atoms with Crippen molar-refractivity contribution >= 4 is 27.5 Å².